The third kappa shape index (κ3) is 7.64. The van der Waals surface area contributed by atoms with Gasteiger partial charge >= 0.3 is 0 Å². The first-order valence-electron chi connectivity index (χ1n) is 8.16. The molecule has 0 spiro atoms. The second-order valence-corrected chi connectivity index (χ2v) is 6.86. The maximum atomic E-state index is 4.61. The number of hydrogen-bond acceptors (Lipinski definition) is 4. The molecule has 1 heterocycles. The molecule has 0 bridgehead atoms. The van der Waals surface area contributed by atoms with Crippen LogP contribution in [-0.2, 0) is 6.54 Å². The van der Waals surface area contributed by atoms with Crippen LogP contribution in [0, 0.1) is 5.92 Å². The topological polar surface area (TPSA) is 52.6 Å². The Balaban J connectivity index is 2.40. The highest BCUT2D eigenvalue weighted by atomic mass is 32.1. The zero-order valence-corrected chi connectivity index (χ0v) is 15.5. The minimum Gasteiger partial charge on any atom is -0.357 e. The van der Waals surface area contributed by atoms with E-state index in [0.29, 0.717) is 6.54 Å². The quantitative estimate of drug-likeness (QED) is 0.416. The van der Waals surface area contributed by atoms with Gasteiger partial charge < -0.3 is 15.5 Å². The van der Waals surface area contributed by atoms with Crippen molar-refractivity contribution in [1.29, 1.82) is 0 Å². The first-order valence-corrected chi connectivity index (χ1v) is 9.04. The molecule has 6 heteroatoms. The number of aliphatic imine (C=N–C) groups is 1. The number of unbranched alkanes of at least 4 members (excludes halogenated alkanes) is 1. The SMILES string of the molecule is CCNC(=NCc1csc(N(C)C)n1)NCCCCC(C)C. The average Bonchev–Trinajstić information content (AvgIpc) is 2.93. The summed E-state index contributed by atoms with van der Waals surface area (Å²) in [4.78, 5) is 11.2. The largest absolute Gasteiger partial charge is 0.357 e. The van der Waals surface area contributed by atoms with E-state index in [1.807, 2.05) is 19.0 Å². The maximum Gasteiger partial charge on any atom is 0.191 e. The summed E-state index contributed by atoms with van der Waals surface area (Å²) in [5.41, 5.74) is 1.02. The summed E-state index contributed by atoms with van der Waals surface area (Å²) in [7, 11) is 4.02. The first-order chi connectivity index (χ1) is 10.5. The Morgan fingerprint density at radius 2 is 2.09 bits per heavy atom. The number of anilines is 1. The van der Waals surface area contributed by atoms with Gasteiger partial charge in [-0.05, 0) is 19.3 Å². The number of aromatic nitrogens is 1. The molecule has 0 aliphatic rings. The van der Waals surface area contributed by atoms with Crippen LogP contribution in [0.1, 0.15) is 45.7 Å². The molecule has 0 radical (unpaired) electrons. The van der Waals surface area contributed by atoms with Crippen molar-refractivity contribution in [2.24, 2.45) is 10.9 Å². The van der Waals surface area contributed by atoms with E-state index in [-0.39, 0.29) is 0 Å². The minimum atomic E-state index is 0.617. The molecule has 0 saturated heterocycles. The van der Waals surface area contributed by atoms with Crippen LogP contribution in [0.4, 0.5) is 5.13 Å². The molecule has 22 heavy (non-hydrogen) atoms. The van der Waals surface area contributed by atoms with Gasteiger partial charge in [-0.15, -0.1) is 11.3 Å². The lowest BCUT2D eigenvalue weighted by molar-refractivity contribution is 0.534. The Kier molecular flexibility index (Phi) is 8.89. The van der Waals surface area contributed by atoms with Crippen molar-refractivity contribution >= 4 is 22.4 Å². The summed E-state index contributed by atoms with van der Waals surface area (Å²) in [5, 5.41) is 9.78. The van der Waals surface area contributed by atoms with Crippen molar-refractivity contribution in [3.05, 3.63) is 11.1 Å². The third-order valence-corrected chi connectivity index (χ3v) is 4.22. The van der Waals surface area contributed by atoms with Gasteiger partial charge in [0.1, 0.15) is 0 Å². The molecular weight excluding hydrogens is 294 g/mol. The normalized spacial score (nSPS) is 11.8. The molecule has 0 atom stereocenters. The van der Waals surface area contributed by atoms with Crippen LogP contribution in [0.15, 0.2) is 10.4 Å². The number of nitrogens with zero attached hydrogens (tertiary/aromatic N) is 3. The van der Waals surface area contributed by atoms with Gasteiger partial charge in [0.25, 0.3) is 0 Å². The van der Waals surface area contributed by atoms with Crippen molar-refractivity contribution in [1.82, 2.24) is 15.6 Å². The Labute approximate surface area is 139 Å². The molecule has 126 valence electrons. The lowest BCUT2D eigenvalue weighted by atomic mass is 10.1. The van der Waals surface area contributed by atoms with E-state index in [0.717, 1.165) is 35.8 Å². The fraction of sp³-hybridized carbons (Fsp3) is 0.750. The van der Waals surface area contributed by atoms with Gasteiger partial charge in [0.2, 0.25) is 0 Å². The monoisotopic (exact) mass is 325 g/mol. The molecule has 0 aliphatic carbocycles. The zero-order valence-electron chi connectivity index (χ0n) is 14.6. The van der Waals surface area contributed by atoms with Crippen LogP contribution in [-0.4, -0.2) is 38.1 Å². The summed E-state index contributed by atoms with van der Waals surface area (Å²) < 4.78 is 0. The molecule has 1 aromatic heterocycles. The van der Waals surface area contributed by atoms with E-state index in [4.69, 9.17) is 0 Å². The predicted molar refractivity (Wildman–Crippen MR) is 97.9 cm³/mol. The van der Waals surface area contributed by atoms with Gasteiger partial charge in [-0.1, -0.05) is 26.7 Å². The molecular formula is C16H31N5S. The van der Waals surface area contributed by atoms with Crippen molar-refractivity contribution in [3.8, 4) is 0 Å². The predicted octanol–water partition coefficient (Wildman–Crippen LogP) is 3.09. The van der Waals surface area contributed by atoms with Crippen LogP contribution in [0.3, 0.4) is 0 Å². The second kappa shape index (κ2) is 10.4. The summed E-state index contributed by atoms with van der Waals surface area (Å²) >= 11 is 1.65. The molecule has 0 amide bonds. The molecule has 0 aromatic carbocycles. The van der Waals surface area contributed by atoms with E-state index >= 15 is 0 Å². The first kappa shape index (κ1) is 18.7. The molecule has 2 N–H and O–H groups in total. The van der Waals surface area contributed by atoms with Gasteiger partial charge in [0, 0.05) is 32.6 Å². The summed E-state index contributed by atoms with van der Waals surface area (Å²) in [6.45, 7) is 9.09. The Hall–Kier alpha value is -1.30. The molecule has 1 aromatic rings. The van der Waals surface area contributed by atoms with Gasteiger partial charge in [-0.2, -0.15) is 0 Å². The van der Waals surface area contributed by atoms with Gasteiger partial charge in [0.15, 0.2) is 11.1 Å². The molecule has 0 fully saturated rings. The summed E-state index contributed by atoms with van der Waals surface area (Å²) in [6, 6.07) is 0. The van der Waals surface area contributed by atoms with Crippen LogP contribution in [0.2, 0.25) is 0 Å². The van der Waals surface area contributed by atoms with Crippen molar-refractivity contribution in [3.63, 3.8) is 0 Å². The number of nitrogens with one attached hydrogen (secondary N) is 2. The summed E-state index contributed by atoms with van der Waals surface area (Å²) in [5.74, 6) is 1.67. The standard InChI is InChI=1S/C16H31N5S/c1-6-17-15(18-10-8-7-9-13(2)3)19-11-14-12-22-16(20-14)21(4)5/h12-13H,6-11H2,1-5H3,(H2,17,18,19). The number of rotatable bonds is 9. The van der Waals surface area contributed by atoms with Crippen molar-refractivity contribution < 1.29 is 0 Å². The maximum absolute atomic E-state index is 4.61. The fourth-order valence-electron chi connectivity index (χ4n) is 1.96. The van der Waals surface area contributed by atoms with Gasteiger partial charge in [-0.25, -0.2) is 9.98 Å². The highest BCUT2D eigenvalue weighted by molar-refractivity contribution is 7.13. The lowest BCUT2D eigenvalue weighted by Gasteiger charge is -2.11. The number of hydrogen-bond donors (Lipinski definition) is 2. The van der Waals surface area contributed by atoms with Gasteiger partial charge in [0.05, 0.1) is 12.2 Å². The molecule has 0 aliphatic heterocycles. The zero-order chi connectivity index (χ0) is 16.4. The molecule has 0 saturated carbocycles. The Morgan fingerprint density at radius 1 is 1.32 bits per heavy atom. The lowest BCUT2D eigenvalue weighted by Crippen LogP contribution is -2.37. The molecule has 0 unspecified atom stereocenters. The van der Waals surface area contributed by atoms with Crippen molar-refractivity contribution in [2.45, 2.75) is 46.6 Å². The third-order valence-electron chi connectivity index (χ3n) is 3.17. The fourth-order valence-corrected chi connectivity index (χ4v) is 2.71. The highest BCUT2D eigenvalue weighted by Crippen LogP contribution is 2.18. The number of guanidine groups is 1. The van der Waals surface area contributed by atoms with Crippen LogP contribution < -0.4 is 15.5 Å². The van der Waals surface area contributed by atoms with Crippen LogP contribution >= 0.6 is 11.3 Å². The average molecular weight is 326 g/mol. The Bertz CT molecular complexity index is 439. The van der Waals surface area contributed by atoms with Crippen LogP contribution in [0.5, 0.6) is 0 Å². The highest BCUT2D eigenvalue weighted by Gasteiger charge is 2.04. The van der Waals surface area contributed by atoms with E-state index in [2.05, 4.69) is 46.8 Å². The van der Waals surface area contributed by atoms with Crippen molar-refractivity contribution in [2.75, 3.05) is 32.1 Å². The van der Waals surface area contributed by atoms with E-state index < -0.39 is 0 Å². The van der Waals surface area contributed by atoms with E-state index in [1.165, 1.54) is 19.3 Å². The van der Waals surface area contributed by atoms with E-state index in [9.17, 15) is 0 Å². The Morgan fingerprint density at radius 3 is 2.68 bits per heavy atom. The molecule has 5 nitrogen and oxygen atoms in total. The smallest absolute Gasteiger partial charge is 0.191 e. The van der Waals surface area contributed by atoms with E-state index in [1.54, 1.807) is 11.3 Å². The minimum absolute atomic E-state index is 0.617. The molecule has 1 rings (SSSR count). The second-order valence-electron chi connectivity index (χ2n) is 6.03. The van der Waals surface area contributed by atoms with Crippen LogP contribution in [0.25, 0.3) is 0 Å². The summed E-state index contributed by atoms with van der Waals surface area (Å²) in [6.07, 6.45) is 3.74. The number of thiazole rings is 1. The van der Waals surface area contributed by atoms with Gasteiger partial charge in [-0.3, -0.25) is 0 Å².